The van der Waals surface area contributed by atoms with E-state index in [1.165, 1.54) is 13.0 Å². The Bertz CT molecular complexity index is 1210. The second kappa shape index (κ2) is 9.27. The van der Waals surface area contributed by atoms with Gasteiger partial charge in [-0.05, 0) is 49.7 Å². The monoisotopic (exact) mass is 489 g/mol. The van der Waals surface area contributed by atoms with Crippen molar-refractivity contribution in [3.05, 3.63) is 53.2 Å². The topological polar surface area (TPSA) is 66.9 Å². The Labute approximate surface area is 189 Å². The molecule has 3 aromatic rings. The zero-order valence-corrected chi connectivity index (χ0v) is 17.9. The van der Waals surface area contributed by atoms with Crippen molar-refractivity contribution in [3.63, 3.8) is 0 Å². The Hall–Kier alpha value is -3.70. The Kier molecular flexibility index (Phi) is 6.80. The van der Waals surface area contributed by atoms with Gasteiger partial charge in [-0.25, -0.2) is 4.79 Å². The highest BCUT2D eigenvalue weighted by molar-refractivity contribution is 5.93. The standard InChI is InChI=1S/C22H17F6NO5/c1-4-14-11(2)19(33-20(30)31-3)17-15(29-14)9-10-16(18(17)21(23,24)25)32-12-5-7-13(8-6-12)34-22(26,27)28/h5-10H,4H2,1-3H3. The molecule has 0 aliphatic carbocycles. The van der Waals surface area contributed by atoms with Gasteiger partial charge in [0.2, 0.25) is 0 Å². The maximum Gasteiger partial charge on any atom is 0.573 e. The van der Waals surface area contributed by atoms with Crippen LogP contribution >= 0.6 is 0 Å². The van der Waals surface area contributed by atoms with Gasteiger partial charge in [-0.1, -0.05) is 6.92 Å². The number of hydrogen-bond acceptors (Lipinski definition) is 6. The molecule has 0 fully saturated rings. The zero-order chi connectivity index (χ0) is 25.3. The third-order valence-corrected chi connectivity index (χ3v) is 4.66. The number of aromatic nitrogens is 1. The number of methoxy groups -OCH3 is 1. The van der Waals surface area contributed by atoms with E-state index in [-0.39, 0.29) is 22.6 Å². The molecule has 0 amide bonds. The fourth-order valence-electron chi connectivity index (χ4n) is 3.24. The first-order valence-electron chi connectivity index (χ1n) is 9.67. The molecule has 0 radical (unpaired) electrons. The van der Waals surface area contributed by atoms with Crippen LogP contribution in [-0.4, -0.2) is 24.6 Å². The van der Waals surface area contributed by atoms with Crippen LogP contribution in [-0.2, 0) is 17.3 Å². The second-order valence-corrected chi connectivity index (χ2v) is 6.87. The summed E-state index contributed by atoms with van der Waals surface area (Å²) in [7, 11) is 1.01. The van der Waals surface area contributed by atoms with Crippen LogP contribution in [0.3, 0.4) is 0 Å². The van der Waals surface area contributed by atoms with E-state index in [1.807, 2.05) is 0 Å². The Morgan fingerprint density at radius 3 is 2.12 bits per heavy atom. The summed E-state index contributed by atoms with van der Waals surface area (Å²) in [4.78, 5) is 16.0. The van der Waals surface area contributed by atoms with Crippen LogP contribution in [0.4, 0.5) is 31.1 Å². The predicted molar refractivity (Wildman–Crippen MR) is 107 cm³/mol. The number of benzene rings is 2. The van der Waals surface area contributed by atoms with Crippen LogP contribution in [0.1, 0.15) is 23.7 Å². The molecule has 1 heterocycles. The molecule has 0 aliphatic heterocycles. The quantitative estimate of drug-likeness (QED) is 0.285. The first-order valence-corrected chi connectivity index (χ1v) is 9.67. The van der Waals surface area contributed by atoms with Crippen molar-refractivity contribution < 1.29 is 50.1 Å². The summed E-state index contributed by atoms with van der Waals surface area (Å²) in [6.45, 7) is 3.19. The number of carbonyl (C=O) groups is 1. The second-order valence-electron chi connectivity index (χ2n) is 6.87. The van der Waals surface area contributed by atoms with E-state index >= 15 is 0 Å². The molecule has 0 saturated carbocycles. The van der Waals surface area contributed by atoms with Crippen LogP contribution in [0.2, 0.25) is 0 Å². The number of rotatable bonds is 5. The maximum absolute atomic E-state index is 14.2. The molecule has 2 aromatic carbocycles. The lowest BCUT2D eigenvalue weighted by Crippen LogP contribution is -2.17. The molecular formula is C22H17F6NO5. The van der Waals surface area contributed by atoms with Crippen molar-refractivity contribution in [2.45, 2.75) is 32.8 Å². The van der Waals surface area contributed by atoms with Crippen molar-refractivity contribution >= 4 is 17.1 Å². The molecule has 1 aromatic heterocycles. The molecule has 0 aliphatic rings. The summed E-state index contributed by atoms with van der Waals surface area (Å²) in [5, 5.41) is -0.526. The Morgan fingerprint density at radius 2 is 1.59 bits per heavy atom. The number of pyridine rings is 1. The van der Waals surface area contributed by atoms with Gasteiger partial charge in [0.05, 0.1) is 18.0 Å². The fraction of sp³-hybridized carbons (Fsp3) is 0.273. The van der Waals surface area contributed by atoms with E-state index in [4.69, 9.17) is 9.47 Å². The van der Waals surface area contributed by atoms with E-state index in [1.54, 1.807) is 6.92 Å². The lowest BCUT2D eigenvalue weighted by Gasteiger charge is -2.20. The van der Waals surface area contributed by atoms with Gasteiger partial charge in [-0.15, -0.1) is 13.2 Å². The number of hydrogen-bond donors (Lipinski definition) is 0. The number of fused-ring (bicyclic) bond motifs is 1. The van der Waals surface area contributed by atoms with Crippen molar-refractivity contribution in [3.8, 4) is 23.0 Å². The molecular weight excluding hydrogens is 472 g/mol. The molecule has 3 rings (SSSR count). The minimum absolute atomic E-state index is 0.102. The van der Waals surface area contributed by atoms with Crippen molar-refractivity contribution in [1.29, 1.82) is 0 Å². The van der Waals surface area contributed by atoms with E-state index in [9.17, 15) is 31.1 Å². The highest BCUT2D eigenvalue weighted by atomic mass is 19.4. The average Bonchev–Trinajstić information content (AvgIpc) is 2.74. The SMILES string of the molecule is CCc1nc2ccc(Oc3ccc(OC(F)(F)F)cc3)c(C(F)(F)F)c2c(OC(=O)OC)c1C. The summed E-state index contributed by atoms with van der Waals surface area (Å²) >= 11 is 0. The molecule has 12 heteroatoms. The minimum atomic E-state index is -4.98. The molecule has 182 valence electrons. The summed E-state index contributed by atoms with van der Waals surface area (Å²) in [5.74, 6) is -1.83. The van der Waals surface area contributed by atoms with E-state index in [0.717, 1.165) is 37.4 Å². The molecule has 34 heavy (non-hydrogen) atoms. The number of halogens is 6. The van der Waals surface area contributed by atoms with E-state index in [2.05, 4.69) is 14.5 Å². The number of nitrogens with zero attached hydrogens (tertiary/aromatic N) is 1. The third-order valence-electron chi connectivity index (χ3n) is 4.66. The summed E-state index contributed by atoms with van der Waals surface area (Å²) in [6.07, 6.45) is -10.8. The number of aryl methyl sites for hydroxylation is 1. The molecule has 0 unspecified atom stereocenters. The molecule has 0 atom stereocenters. The number of ether oxygens (including phenoxy) is 4. The summed E-state index contributed by atoms with van der Waals surface area (Å²) in [5.41, 5.74) is -0.766. The number of carbonyl (C=O) groups excluding carboxylic acids is 1. The van der Waals surface area contributed by atoms with Crippen LogP contribution in [0.5, 0.6) is 23.0 Å². The van der Waals surface area contributed by atoms with Gasteiger partial charge >= 0.3 is 18.7 Å². The van der Waals surface area contributed by atoms with Crippen molar-refractivity contribution in [2.24, 2.45) is 0 Å². The van der Waals surface area contributed by atoms with Gasteiger partial charge in [-0.3, -0.25) is 4.98 Å². The fourth-order valence-corrected chi connectivity index (χ4v) is 3.24. The van der Waals surface area contributed by atoms with Crippen LogP contribution < -0.4 is 14.2 Å². The largest absolute Gasteiger partial charge is 0.573 e. The Morgan fingerprint density at radius 1 is 0.971 bits per heavy atom. The average molecular weight is 489 g/mol. The first-order chi connectivity index (χ1) is 15.8. The van der Waals surface area contributed by atoms with Crippen LogP contribution in [0, 0.1) is 6.92 Å². The van der Waals surface area contributed by atoms with E-state index in [0.29, 0.717) is 12.1 Å². The highest BCUT2D eigenvalue weighted by Crippen LogP contribution is 2.47. The summed E-state index contributed by atoms with van der Waals surface area (Å²) in [6, 6.07) is 6.09. The summed E-state index contributed by atoms with van der Waals surface area (Å²) < 4.78 is 98.3. The Balaban J connectivity index is 2.18. The zero-order valence-electron chi connectivity index (χ0n) is 17.9. The van der Waals surface area contributed by atoms with E-state index < -0.39 is 41.1 Å². The molecule has 0 saturated heterocycles. The third kappa shape index (κ3) is 5.43. The number of alkyl halides is 6. The van der Waals surface area contributed by atoms with Gasteiger partial charge in [0.25, 0.3) is 0 Å². The normalized spacial score (nSPS) is 11.9. The van der Waals surface area contributed by atoms with Gasteiger partial charge in [-0.2, -0.15) is 13.2 Å². The van der Waals surface area contributed by atoms with Gasteiger partial charge < -0.3 is 18.9 Å². The van der Waals surface area contributed by atoms with Crippen LogP contribution in [0.25, 0.3) is 10.9 Å². The molecule has 6 nitrogen and oxygen atoms in total. The van der Waals surface area contributed by atoms with Gasteiger partial charge in [0.1, 0.15) is 28.6 Å². The smallest absolute Gasteiger partial charge is 0.457 e. The van der Waals surface area contributed by atoms with Crippen LogP contribution in [0.15, 0.2) is 36.4 Å². The maximum atomic E-state index is 14.2. The van der Waals surface area contributed by atoms with Gasteiger partial charge in [0.15, 0.2) is 0 Å². The lowest BCUT2D eigenvalue weighted by molar-refractivity contribution is -0.274. The predicted octanol–water partition coefficient (Wildman–Crippen LogP) is 6.96. The lowest BCUT2D eigenvalue weighted by atomic mass is 10.0. The molecule has 0 spiro atoms. The highest BCUT2D eigenvalue weighted by Gasteiger charge is 2.39. The van der Waals surface area contributed by atoms with Crippen molar-refractivity contribution in [2.75, 3.05) is 7.11 Å². The van der Waals surface area contributed by atoms with Gasteiger partial charge in [0, 0.05) is 11.3 Å². The molecule has 0 bridgehead atoms. The van der Waals surface area contributed by atoms with Crippen molar-refractivity contribution in [1.82, 2.24) is 4.98 Å². The first kappa shape index (κ1) is 24.9. The minimum Gasteiger partial charge on any atom is -0.457 e. The molecule has 0 N–H and O–H groups in total.